The molecule has 2 bridgehead atoms. The van der Waals surface area contributed by atoms with E-state index in [9.17, 15) is 5.11 Å². The lowest BCUT2D eigenvalue weighted by atomic mass is 9.84. The van der Waals surface area contributed by atoms with Gasteiger partial charge in [-0.3, -0.25) is 0 Å². The monoisotopic (exact) mass is 251 g/mol. The SMILES string of the molecule is C=CCCCCCC(O)C1CC2CCC(C1)N2C. The van der Waals surface area contributed by atoms with Gasteiger partial charge in [0.05, 0.1) is 6.10 Å². The summed E-state index contributed by atoms with van der Waals surface area (Å²) in [5, 5.41) is 10.3. The average molecular weight is 251 g/mol. The number of nitrogens with zero attached hydrogens (tertiary/aromatic N) is 1. The lowest BCUT2D eigenvalue weighted by Crippen LogP contribution is -2.43. The van der Waals surface area contributed by atoms with Gasteiger partial charge < -0.3 is 10.0 Å². The van der Waals surface area contributed by atoms with Gasteiger partial charge in [-0.05, 0) is 57.9 Å². The van der Waals surface area contributed by atoms with Gasteiger partial charge in [-0.2, -0.15) is 0 Å². The molecule has 104 valence electrons. The molecule has 0 aromatic rings. The summed E-state index contributed by atoms with van der Waals surface area (Å²) >= 11 is 0. The molecule has 2 rings (SSSR count). The highest BCUT2D eigenvalue weighted by Crippen LogP contribution is 2.39. The molecule has 2 nitrogen and oxygen atoms in total. The minimum Gasteiger partial charge on any atom is -0.393 e. The molecule has 0 radical (unpaired) electrons. The summed E-state index contributed by atoms with van der Waals surface area (Å²) in [7, 11) is 2.26. The van der Waals surface area contributed by atoms with E-state index in [-0.39, 0.29) is 6.10 Å². The number of fused-ring (bicyclic) bond motifs is 2. The van der Waals surface area contributed by atoms with Crippen LogP contribution >= 0.6 is 0 Å². The fraction of sp³-hybridized carbons (Fsp3) is 0.875. The lowest BCUT2D eigenvalue weighted by Gasteiger charge is -2.38. The van der Waals surface area contributed by atoms with Crippen molar-refractivity contribution < 1.29 is 5.11 Å². The van der Waals surface area contributed by atoms with Crippen LogP contribution in [-0.2, 0) is 0 Å². The summed E-state index contributed by atoms with van der Waals surface area (Å²) in [6.07, 6.45) is 12.9. The van der Waals surface area contributed by atoms with Gasteiger partial charge >= 0.3 is 0 Å². The van der Waals surface area contributed by atoms with Gasteiger partial charge in [-0.25, -0.2) is 0 Å². The van der Waals surface area contributed by atoms with Gasteiger partial charge in [0.2, 0.25) is 0 Å². The Hall–Kier alpha value is -0.340. The first kappa shape index (κ1) is 14.1. The molecule has 2 aliphatic rings. The highest BCUT2D eigenvalue weighted by Gasteiger charge is 2.40. The Balaban J connectivity index is 1.67. The van der Waals surface area contributed by atoms with E-state index < -0.39 is 0 Å². The summed E-state index contributed by atoms with van der Waals surface area (Å²) in [5.41, 5.74) is 0. The number of aliphatic hydroxyl groups is 1. The van der Waals surface area contributed by atoms with Crippen LogP contribution in [0.4, 0.5) is 0 Å². The zero-order valence-corrected chi connectivity index (χ0v) is 11.9. The predicted octanol–water partition coefficient (Wildman–Crippen LogP) is 3.36. The van der Waals surface area contributed by atoms with Gasteiger partial charge in [0.1, 0.15) is 0 Å². The topological polar surface area (TPSA) is 23.5 Å². The standard InChI is InChI=1S/C16H29NO/c1-3-4-5-6-7-8-16(18)13-11-14-9-10-15(12-13)17(14)2/h3,13-16,18H,1,4-12H2,2H3. The number of hydrogen-bond acceptors (Lipinski definition) is 2. The molecule has 2 heteroatoms. The van der Waals surface area contributed by atoms with Crippen molar-refractivity contribution in [2.75, 3.05) is 7.05 Å². The predicted molar refractivity (Wildman–Crippen MR) is 76.6 cm³/mol. The molecular formula is C16H29NO. The smallest absolute Gasteiger partial charge is 0.0569 e. The first-order valence-electron chi connectivity index (χ1n) is 7.73. The Labute approximate surface area is 112 Å². The van der Waals surface area contributed by atoms with Crippen LogP contribution in [0.3, 0.4) is 0 Å². The molecule has 2 saturated heterocycles. The van der Waals surface area contributed by atoms with E-state index in [2.05, 4.69) is 18.5 Å². The number of unbranched alkanes of at least 4 members (excludes halogenated alkanes) is 3. The normalized spacial score (nSPS) is 33.6. The van der Waals surface area contributed by atoms with Crippen molar-refractivity contribution in [3.63, 3.8) is 0 Å². The Morgan fingerprint density at radius 2 is 1.89 bits per heavy atom. The molecule has 3 unspecified atom stereocenters. The molecule has 2 aliphatic heterocycles. The van der Waals surface area contributed by atoms with E-state index >= 15 is 0 Å². The first-order valence-corrected chi connectivity index (χ1v) is 7.73. The van der Waals surface area contributed by atoms with Crippen molar-refractivity contribution >= 4 is 0 Å². The fourth-order valence-corrected chi connectivity index (χ4v) is 3.82. The zero-order valence-electron chi connectivity index (χ0n) is 11.9. The second-order valence-electron chi connectivity index (χ2n) is 6.28. The van der Waals surface area contributed by atoms with E-state index in [4.69, 9.17) is 0 Å². The Morgan fingerprint density at radius 3 is 2.50 bits per heavy atom. The van der Waals surface area contributed by atoms with Crippen LogP contribution in [0.2, 0.25) is 0 Å². The highest BCUT2D eigenvalue weighted by atomic mass is 16.3. The summed E-state index contributed by atoms with van der Waals surface area (Å²) < 4.78 is 0. The number of piperidine rings is 1. The summed E-state index contributed by atoms with van der Waals surface area (Å²) in [5.74, 6) is 0.568. The molecule has 18 heavy (non-hydrogen) atoms. The van der Waals surface area contributed by atoms with E-state index in [1.54, 1.807) is 0 Å². The molecule has 3 atom stereocenters. The number of rotatable bonds is 7. The van der Waals surface area contributed by atoms with Crippen LogP contribution in [0.1, 0.15) is 57.8 Å². The Bertz CT molecular complexity index is 252. The van der Waals surface area contributed by atoms with Crippen molar-refractivity contribution in [1.82, 2.24) is 4.90 Å². The van der Waals surface area contributed by atoms with Crippen LogP contribution in [0, 0.1) is 5.92 Å². The molecule has 0 saturated carbocycles. The van der Waals surface area contributed by atoms with Gasteiger partial charge in [-0.15, -0.1) is 6.58 Å². The van der Waals surface area contributed by atoms with E-state index in [0.29, 0.717) is 5.92 Å². The van der Waals surface area contributed by atoms with Crippen LogP contribution < -0.4 is 0 Å². The first-order chi connectivity index (χ1) is 8.72. The van der Waals surface area contributed by atoms with Crippen molar-refractivity contribution in [3.05, 3.63) is 12.7 Å². The molecule has 1 N–H and O–H groups in total. The molecule has 2 heterocycles. The van der Waals surface area contributed by atoms with Crippen molar-refractivity contribution in [2.24, 2.45) is 5.92 Å². The lowest BCUT2D eigenvalue weighted by molar-refractivity contribution is 0.0304. The largest absolute Gasteiger partial charge is 0.393 e. The maximum atomic E-state index is 10.3. The number of aliphatic hydroxyl groups excluding tert-OH is 1. The third-order valence-electron chi connectivity index (χ3n) is 5.09. The molecule has 0 amide bonds. The number of allylic oxidation sites excluding steroid dienone is 1. The van der Waals surface area contributed by atoms with Crippen molar-refractivity contribution in [2.45, 2.75) is 76.0 Å². The van der Waals surface area contributed by atoms with Crippen molar-refractivity contribution in [1.29, 1.82) is 0 Å². The molecule has 0 aliphatic carbocycles. The maximum Gasteiger partial charge on any atom is 0.0569 e. The molecule has 0 aromatic heterocycles. The maximum absolute atomic E-state index is 10.3. The minimum absolute atomic E-state index is 0.0504. The van der Waals surface area contributed by atoms with E-state index in [0.717, 1.165) is 24.9 Å². The van der Waals surface area contributed by atoms with E-state index in [1.807, 2.05) is 6.08 Å². The quantitative estimate of drug-likeness (QED) is 0.554. The molecule has 2 fully saturated rings. The van der Waals surface area contributed by atoms with Crippen LogP contribution in [0.25, 0.3) is 0 Å². The summed E-state index contributed by atoms with van der Waals surface area (Å²) in [6, 6.07) is 1.51. The zero-order chi connectivity index (χ0) is 13.0. The Morgan fingerprint density at radius 1 is 1.22 bits per heavy atom. The van der Waals surface area contributed by atoms with Crippen LogP contribution in [-0.4, -0.2) is 35.2 Å². The van der Waals surface area contributed by atoms with Crippen LogP contribution in [0.5, 0.6) is 0 Å². The van der Waals surface area contributed by atoms with Gasteiger partial charge in [0.15, 0.2) is 0 Å². The fourth-order valence-electron chi connectivity index (χ4n) is 3.82. The van der Waals surface area contributed by atoms with Gasteiger partial charge in [-0.1, -0.05) is 18.9 Å². The summed E-state index contributed by atoms with van der Waals surface area (Å²) in [4.78, 5) is 2.55. The van der Waals surface area contributed by atoms with E-state index in [1.165, 1.54) is 44.9 Å². The molecule has 0 aromatic carbocycles. The second-order valence-corrected chi connectivity index (χ2v) is 6.28. The van der Waals surface area contributed by atoms with Crippen molar-refractivity contribution in [3.8, 4) is 0 Å². The Kier molecular flexibility index (Phi) is 5.25. The second kappa shape index (κ2) is 6.72. The third-order valence-corrected chi connectivity index (χ3v) is 5.09. The van der Waals surface area contributed by atoms with Gasteiger partial charge in [0.25, 0.3) is 0 Å². The third kappa shape index (κ3) is 3.36. The molecule has 0 spiro atoms. The highest BCUT2D eigenvalue weighted by molar-refractivity contribution is 4.95. The number of hydrogen-bond donors (Lipinski definition) is 1. The molecular weight excluding hydrogens is 222 g/mol. The summed E-state index contributed by atoms with van der Waals surface area (Å²) in [6.45, 7) is 3.74. The average Bonchev–Trinajstić information content (AvgIpc) is 2.61. The van der Waals surface area contributed by atoms with Gasteiger partial charge in [0, 0.05) is 12.1 Å². The minimum atomic E-state index is -0.0504. The van der Waals surface area contributed by atoms with Crippen LogP contribution in [0.15, 0.2) is 12.7 Å².